The predicted molar refractivity (Wildman–Crippen MR) is 71.5 cm³/mol. The zero-order valence-electron chi connectivity index (χ0n) is 9.51. The zero-order valence-corrected chi connectivity index (χ0v) is 10.3. The second-order valence-corrected chi connectivity index (χ2v) is 4.25. The van der Waals surface area contributed by atoms with Crippen molar-refractivity contribution in [2.75, 3.05) is 5.32 Å². The summed E-state index contributed by atoms with van der Waals surface area (Å²) < 4.78 is 0. The van der Waals surface area contributed by atoms with Gasteiger partial charge < -0.3 is 10.4 Å². The lowest BCUT2D eigenvalue weighted by Crippen LogP contribution is -2.20. The van der Waals surface area contributed by atoms with Crippen LogP contribution in [0.3, 0.4) is 0 Å². The molecule has 0 heterocycles. The highest BCUT2D eigenvalue weighted by Crippen LogP contribution is 2.17. The van der Waals surface area contributed by atoms with Crippen LogP contribution in [0.15, 0.2) is 54.6 Å². The van der Waals surface area contributed by atoms with Gasteiger partial charge in [0.1, 0.15) is 0 Å². The number of aliphatic hydroxyl groups is 1. The summed E-state index contributed by atoms with van der Waals surface area (Å²) in [5, 5.41) is 13.1. The van der Waals surface area contributed by atoms with E-state index in [0.717, 1.165) is 0 Å². The minimum atomic E-state index is -1.18. The van der Waals surface area contributed by atoms with Crippen LogP contribution in [0.5, 0.6) is 0 Å². The lowest BCUT2D eigenvalue weighted by Gasteiger charge is -2.11. The highest BCUT2D eigenvalue weighted by molar-refractivity contribution is 6.30. The van der Waals surface area contributed by atoms with Gasteiger partial charge in [0.05, 0.1) is 0 Å². The number of hydrogen-bond acceptors (Lipinski definition) is 2. The number of carbonyl (C=O) groups excluding carboxylic acids is 1. The second-order valence-electron chi connectivity index (χ2n) is 3.81. The highest BCUT2D eigenvalue weighted by atomic mass is 35.5. The molecular weight excluding hydrogens is 250 g/mol. The smallest absolute Gasteiger partial charge is 0.257 e. The number of aliphatic hydroxyl groups excluding tert-OH is 1. The third-order valence-corrected chi connectivity index (χ3v) is 2.73. The third kappa shape index (κ3) is 3.09. The van der Waals surface area contributed by atoms with E-state index in [1.54, 1.807) is 48.5 Å². The Labute approximate surface area is 110 Å². The molecular formula is C14H12ClNO2. The van der Waals surface area contributed by atoms with E-state index in [-0.39, 0.29) is 0 Å². The molecule has 18 heavy (non-hydrogen) atoms. The number of nitrogens with one attached hydrogen (secondary N) is 1. The van der Waals surface area contributed by atoms with Crippen LogP contribution < -0.4 is 5.32 Å². The van der Waals surface area contributed by atoms with Crippen LogP contribution in [-0.4, -0.2) is 11.0 Å². The van der Waals surface area contributed by atoms with E-state index in [0.29, 0.717) is 16.3 Å². The first-order valence-corrected chi connectivity index (χ1v) is 5.84. The van der Waals surface area contributed by atoms with Gasteiger partial charge in [-0.15, -0.1) is 0 Å². The van der Waals surface area contributed by atoms with Gasteiger partial charge in [0.2, 0.25) is 0 Å². The van der Waals surface area contributed by atoms with Crippen molar-refractivity contribution in [3.63, 3.8) is 0 Å². The first-order chi connectivity index (χ1) is 8.66. The number of anilines is 1. The molecule has 0 aliphatic rings. The molecule has 2 aromatic carbocycles. The summed E-state index contributed by atoms with van der Waals surface area (Å²) in [5.74, 6) is -0.469. The van der Waals surface area contributed by atoms with Gasteiger partial charge in [-0.25, -0.2) is 0 Å². The number of carbonyl (C=O) groups is 1. The maximum absolute atomic E-state index is 11.8. The fourth-order valence-electron chi connectivity index (χ4n) is 1.53. The fourth-order valence-corrected chi connectivity index (χ4v) is 1.66. The summed E-state index contributed by atoms with van der Waals surface area (Å²) in [6, 6.07) is 15.5. The van der Waals surface area contributed by atoms with Gasteiger partial charge in [-0.3, -0.25) is 4.79 Å². The molecule has 0 radical (unpaired) electrons. The molecule has 3 nitrogen and oxygen atoms in total. The monoisotopic (exact) mass is 261 g/mol. The van der Waals surface area contributed by atoms with Crippen molar-refractivity contribution >= 4 is 23.2 Å². The molecule has 0 aromatic heterocycles. The maximum atomic E-state index is 11.8. The van der Waals surface area contributed by atoms with Crippen LogP contribution in [0.4, 0.5) is 5.69 Å². The normalized spacial score (nSPS) is 11.9. The summed E-state index contributed by atoms with van der Waals surface area (Å²) in [5.41, 5.74) is 1.16. The first kappa shape index (κ1) is 12.6. The van der Waals surface area contributed by atoms with E-state index >= 15 is 0 Å². The van der Waals surface area contributed by atoms with Crippen LogP contribution in [-0.2, 0) is 4.79 Å². The van der Waals surface area contributed by atoms with Crippen LogP contribution in [0, 0.1) is 0 Å². The summed E-state index contributed by atoms with van der Waals surface area (Å²) in [4.78, 5) is 11.8. The van der Waals surface area contributed by atoms with E-state index in [9.17, 15) is 9.90 Å². The number of rotatable bonds is 3. The number of halogens is 1. The molecule has 0 saturated carbocycles. The van der Waals surface area contributed by atoms with Crippen molar-refractivity contribution in [2.24, 2.45) is 0 Å². The van der Waals surface area contributed by atoms with Crippen molar-refractivity contribution in [3.05, 3.63) is 65.2 Å². The molecule has 0 aliphatic carbocycles. The van der Waals surface area contributed by atoms with Crippen LogP contribution in [0.2, 0.25) is 5.02 Å². The maximum Gasteiger partial charge on any atom is 0.257 e. The topological polar surface area (TPSA) is 49.3 Å². The van der Waals surface area contributed by atoms with Crippen molar-refractivity contribution in [1.82, 2.24) is 0 Å². The Balaban J connectivity index is 2.06. The van der Waals surface area contributed by atoms with Crippen LogP contribution >= 0.6 is 11.6 Å². The molecule has 2 aromatic rings. The minimum Gasteiger partial charge on any atom is -0.378 e. The largest absolute Gasteiger partial charge is 0.378 e. The average Bonchev–Trinajstić information content (AvgIpc) is 2.41. The van der Waals surface area contributed by atoms with Gasteiger partial charge in [0.15, 0.2) is 6.10 Å². The first-order valence-electron chi connectivity index (χ1n) is 5.46. The van der Waals surface area contributed by atoms with Gasteiger partial charge in [0.25, 0.3) is 5.91 Å². The second kappa shape index (κ2) is 5.67. The predicted octanol–water partition coefficient (Wildman–Crippen LogP) is 3.01. The molecule has 2 rings (SSSR count). The standard InChI is InChI=1S/C14H12ClNO2/c15-11-6-8-12(9-7-11)16-14(18)13(17)10-4-2-1-3-5-10/h1-9,13,17H,(H,16,18). The molecule has 0 fully saturated rings. The zero-order chi connectivity index (χ0) is 13.0. The summed E-state index contributed by atoms with van der Waals surface area (Å²) in [6.07, 6.45) is -1.18. The molecule has 1 amide bonds. The summed E-state index contributed by atoms with van der Waals surface area (Å²) >= 11 is 5.74. The Hall–Kier alpha value is -1.84. The molecule has 92 valence electrons. The molecule has 0 bridgehead atoms. The molecule has 2 N–H and O–H groups in total. The molecule has 1 unspecified atom stereocenters. The molecule has 0 saturated heterocycles. The van der Waals surface area contributed by atoms with Crippen LogP contribution in [0.25, 0.3) is 0 Å². The Bertz CT molecular complexity index is 525. The number of amides is 1. The van der Waals surface area contributed by atoms with Crippen LogP contribution in [0.1, 0.15) is 11.7 Å². The number of benzene rings is 2. The Kier molecular flexibility index (Phi) is 3.97. The minimum absolute atomic E-state index is 0.469. The van der Waals surface area contributed by atoms with Crippen molar-refractivity contribution in [2.45, 2.75) is 6.10 Å². The molecule has 0 aliphatic heterocycles. The SMILES string of the molecule is O=C(Nc1ccc(Cl)cc1)C(O)c1ccccc1. The highest BCUT2D eigenvalue weighted by Gasteiger charge is 2.16. The Morgan fingerprint density at radius 3 is 2.28 bits per heavy atom. The summed E-state index contributed by atoms with van der Waals surface area (Å²) in [7, 11) is 0. The molecule has 4 heteroatoms. The molecule has 1 atom stereocenters. The lowest BCUT2D eigenvalue weighted by molar-refractivity contribution is -0.124. The quantitative estimate of drug-likeness (QED) is 0.892. The van der Waals surface area contributed by atoms with E-state index in [4.69, 9.17) is 11.6 Å². The van der Waals surface area contributed by atoms with Crippen molar-refractivity contribution in [3.8, 4) is 0 Å². The third-order valence-electron chi connectivity index (χ3n) is 2.48. The van der Waals surface area contributed by atoms with Gasteiger partial charge >= 0.3 is 0 Å². The fraction of sp³-hybridized carbons (Fsp3) is 0.0714. The van der Waals surface area contributed by atoms with E-state index < -0.39 is 12.0 Å². The van der Waals surface area contributed by atoms with Crippen molar-refractivity contribution in [1.29, 1.82) is 0 Å². The van der Waals surface area contributed by atoms with Gasteiger partial charge in [-0.2, -0.15) is 0 Å². The van der Waals surface area contributed by atoms with Gasteiger partial charge in [-0.05, 0) is 29.8 Å². The Morgan fingerprint density at radius 2 is 1.67 bits per heavy atom. The van der Waals surface area contributed by atoms with Gasteiger partial charge in [-0.1, -0.05) is 41.9 Å². The molecule has 0 spiro atoms. The Morgan fingerprint density at radius 1 is 1.06 bits per heavy atom. The number of hydrogen-bond donors (Lipinski definition) is 2. The van der Waals surface area contributed by atoms with E-state index in [1.807, 2.05) is 6.07 Å². The van der Waals surface area contributed by atoms with Crippen molar-refractivity contribution < 1.29 is 9.90 Å². The average molecular weight is 262 g/mol. The summed E-state index contributed by atoms with van der Waals surface area (Å²) in [6.45, 7) is 0. The van der Waals surface area contributed by atoms with Gasteiger partial charge in [0, 0.05) is 10.7 Å². The lowest BCUT2D eigenvalue weighted by atomic mass is 10.1. The van der Waals surface area contributed by atoms with E-state index in [2.05, 4.69) is 5.32 Å². The van der Waals surface area contributed by atoms with E-state index in [1.165, 1.54) is 0 Å².